The summed E-state index contributed by atoms with van der Waals surface area (Å²) in [5, 5.41) is 11.7. The second-order valence-electron chi connectivity index (χ2n) is 7.26. The highest BCUT2D eigenvalue weighted by atomic mass is 16.7. The maximum absolute atomic E-state index is 12.4. The molecule has 0 aliphatic rings. The van der Waals surface area contributed by atoms with Crippen LogP contribution in [0.15, 0.2) is 60.7 Å². The first-order valence-electron chi connectivity index (χ1n) is 10.5. The summed E-state index contributed by atoms with van der Waals surface area (Å²) < 4.78 is 14.7. The topological polar surface area (TPSA) is 128 Å². The van der Waals surface area contributed by atoms with E-state index in [9.17, 15) is 24.3 Å². The average molecular weight is 457 g/mol. The van der Waals surface area contributed by atoms with Gasteiger partial charge in [0.2, 0.25) is 0 Å². The quantitative estimate of drug-likeness (QED) is 0.382. The van der Waals surface area contributed by atoms with Crippen LogP contribution in [0, 0.1) is 5.92 Å². The van der Waals surface area contributed by atoms with Crippen molar-refractivity contribution >= 4 is 24.2 Å². The molecule has 1 amide bonds. The molecule has 0 aliphatic heterocycles. The zero-order valence-corrected chi connectivity index (χ0v) is 18.3. The lowest BCUT2D eigenvalue weighted by Crippen LogP contribution is -2.43. The Morgan fingerprint density at radius 1 is 0.879 bits per heavy atom. The van der Waals surface area contributed by atoms with Gasteiger partial charge in [0.25, 0.3) is 0 Å². The van der Waals surface area contributed by atoms with Crippen molar-refractivity contribution in [2.75, 3.05) is 0 Å². The lowest BCUT2D eigenvalue weighted by atomic mass is 9.95. The molecular formula is C24H27NO8. The number of amides is 1. The minimum atomic E-state index is -1.40. The predicted octanol–water partition coefficient (Wildman–Crippen LogP) is 4.05. The Morgan fingerprint density at radius 2 is 1.42 bits per heavy atom. The molecule has 33 heavy (non-hydrogen) atoms. The number of hydrogen-bond acceptors (Lipinski definition) is 7. The number of carboxylic acids is 1. The lowest BCUT2D eigenvalue weighted by molar-refractivity contribution is -0.146. The second-order valence-corrected chi connectivity index (χ2v) is 7.26. The molecule has 9 nitrogen and oxygen atoms in total. The molecule has 2 N–H and O–H groups in total. The molecule has 0 saturated carbocycles. The number of nitrogens with one attached hydrogen (secondary N) is 1. The Hall–Kier alpha value is -3.88. The van der Waals surface area contributed by atoms with E-state index in [4.69, 9.17) is 14.2 Å². The maximum Gasteiger partial charge on any atom is 0.516 e. The van der Waals surface area contributed by atoms with E-state index in [1.165, 1.54) is 0 Å². The molecule has 2 aromatic carbocycles. The van der Waals surface area contributed by atoms with Gasteiger partial charge in [-0.3, -0.25) is 4.79 Å². The van der Waals surface area contributed by atoms with Crippen LogP contribution in [0.25, 0.3) is 0 Å². The SMILES string of the molecule is CCCC(C[C@H](NC(=O)OCc1ccccc1)C(=O)O)C(=O)OC(=O)OCc1ccccc1. The molecule has 0 heterocycles. The van der Waals surface area contributed by atoms with Crippen LogP contribution < -0.4 is 5.32 Å². The van der Waals surface area contributed by atoms with E-state index in [0.29, 0.717) is 6.42 Å². The first-order valence-corrected chi connectivity index (χ1v) is 10.5. The third-order valence-corrected chi connectivity index (χ3v) is 4.68. The first-order chi connectivity index (χ1) is 15.9. The number of carbonyl (C=O) groups excluding carboxylic acids is 3. The van der Waals surface area contributed by atoms with Crippen molar-refractivity contribution in [2.24, 2.45) is 5.92 Å². The van der Waals surface area contributed by atoms with Crippen LogP contribution in [-0.2, 0) is 37.0 Å². The van der Waals surface area contributed by atoms with Crippen LogP contribution in [0.5, 0.6) is 0 Å². The number of hydrogen-bond donors (Lipinski definition) is 2. The Morgan fingerprint density at radius 3 is 1.94 bits per heavy atom. The van der Waals surface area contributed by atoms with E-state index in [1.54, 1.807) is 55.5 Å². The van der Waals surface area contributed by atoms with E-state index >= 15 is 0 Å². The van der Waals surface area contributed by atoms with Crippen molar-refractivity contribution in [1.29, 1.82) is 0 Å². The molecule has 0 bridgehead atoms. The van der Waals surface area contributed by atoms with Crippen molar-refractivity contribution in [3.63, 3.8) is 0 Å². The maximum atomic E-state index is 12.4. The summed E-state index contributed by atoms with van der Waals surface area (Å²) in [7, 11) is 0. The molecule has 0 aliphatic carbocycles. The summed E-state index contributed by atoms with van der Waals surface area (Å²) in [6.45, 7) is 1.69. The first kappa shape index (κ1) is 25.4. The fourth-order valence-corrected chi connectivity index (χ4v) is 3.00. The Kier molecular flexibility index (Phi) is 10.4. The number of aliphatic carboxylic acids is 1. The third-order valence-electron chi connectivity index (χ3n) is 4.68. The third kappa shape index (κ3) is 9.42. The van der Waals surface area contributed by atoms with E-state index in [1.807, 2.05) is 12.1 Å². The van der Waals surface area contributed by atoms with Gasteiger partial charge < -0.3 is 24.6 Å². The van der Waals surface area contributed by atoms with Gasteiger partial charge in [-0.1, -0.05) is 74.0 Å². The molecule has 2 atom stereocenters. The molecule has 9 heteroatoms. The van der Waals surface area contributed by atoms with Crippen molar-refractivity contribution in [1.82, 2.24) is 5.32 Å². The van der Waals surface area contributed by atoms with Crippen LogP contribution in [0.2, 0.25) is 0 Å². The van der Waals surface area contributed by atoms with Gasteiger partial charge in [-0.2, -0.15) is 0 Å². The van der Waals surface area contributed by atoms with E-state index in [-0.39, 0.29) is 26.1 Å². The molecular weight excluding hydrogens is 430 g/mol. The highest BCUT2D eigenvalue weighted by Crippen LogP contribution is 2.17. The van der Waals surface area contributed by atoms with Gasteiger partial charge in [-0.05, 0) is 24.0 Å². The Labute approximate surface area is 191 Å². The van der Waals surface area contributed by atoms with Gasteiger partial charge in [0.05, 0.1) is 5.92 Å². The van der Waals surface area contributed by atoms with Crippen molar-refractivity contribution in [2.45, 2.75) is 45.4 Å². The molecule has 0 fully saturated rings. The lowest BCUT2D eigenvalue weighted by Gasteiger charge is -2.20. The number of benzene rings is 2. The normalized spacial score (nSPS) is 12.2. The number of esters is 1. The number of ether oxygens (including phenoxy) is 3. The minimum absolute atomic E-state index is 0.0350. The smallest absolute Gasteiger partial charge is 0.480 e. The summed E-state index contributed by atoms with van der Waals surface area (Å²) >= 11 is 0. The van der Waals surface area contributed by atoms with Crippen LogP contribution in [-0.4, -0.2) is 35.3 Å². The van der Waals surface area contributed by atoms with E-state index < -0.39 is 36.1 Å². The van der Waals surface area contributed by atoms with Crippen LogP contribution >= 0.6 is 0 Å². The van der Waals surface area contributed by atoms with Crippen LogP contribution in [0.3, 0.4) is 0 Å². The highest BCUT2D eigenvalue weighted by Gasteiger charge is 2.31. The van der Waals surface area contributed by atoms with Gasteiger partial charge in [-0.25, -0.2) is 14.4 Å². The van der Waals surface area contributed by atoms with E-state index in [2.05, 4.69) is 5.32 Å². The fourth-order valence-electron chi connectivity index (χ4n) is 3.00. The summed E-state index contributed by atoms with van der Waals surface area (Å²) in [4.78, 5) is 48.0. The summed E-state index contributed by atoms with van der Waals surface area (Å²) in [5.41, 5.74) is 1.46. The van der Waals surface area contributed by atoms with Gasteiger partial charge in [0, 0.05) is 0 Å². The van der Waals surface area contributed by atoms with Crippen molar-refractivity contribution in [3.8, 4) is 0 Å². The second kappa shape index (κ2) is 13.5. The standard InChI is InChI=1S/C24H27NO8/c1-2-9-19(22(28)33-24(30)32-16-18-12-7-4-8-13-18)14-20(21(26)27)25-23(29)31-15-17-10-5-3-6-11-17/h3-8,10-13,19-20H,2,9,14-16H2,1H3,(H,25,29)(H,26,27)/t19?,20-/m0/s1. The molecule has 1 unspecified atom stereocenters. The predicted molar refractivity (Wildman–Crippen MR) is 117 cm³/mol. The molecule has 2 rings (SSSR count). The van der Waals surface area contributed by atoms with Gasteiger partial charge >= 0.3 is 24.2 Å². The number of alkyl carbamates (subject to hydrolysis) is 1. The molecule has 0 radical (unpaired) electrons. The van der Waals surface area contributed by atoms with Crippen molar-refractivity contribution in [3.05, 3.63) is 71.8 Å². The van der Waals surface area contributed by atoms with E-state index in [0.717, 1.165) is 11.1 Å². The fraction of sp³-hybridized carbons (Fsp3) is 0.333. The largest absolute Gasteiger partial charge is 0.516 e. The molecule has 0 aromatic heterocycles. The number of carboxylic acid groups (broad SMARTS) is 1. The molecule has 0 saturated heterocycles. The Bertz CT molecular complexity index is 917. The minimum Gasteiger partial charge on any atom is -0.480 e. The molecule has 0 spiro atoms. The molecule has 176 valence electrons. The van der Waals surface area contributed by atoms with Crippen LogP contribution in [0.4, 0.5) is 9.59 Å². The zero-order valence-electron chi connectivity index (χ0n) is 18.3. The van der Waals surface area contributed by atoms with Gasteiger partial charge in [0.1, 0.15) is 19.3 Å². The Balaban J connectivity index is 1.88. The molecule has 2 aromatic rings. The monoisotopic (exact) mass is 457 g/mol. The number of rotatable bonds is 11. The average Bonchev–Trinajstić information content (AvgIpc) is 2.81. The summed E-state index contributed by atoms with van der Waals surface area (Å²) in [6.07, 6.45) is -1.59. The van der Waals surface area contributed by atoms with Crippen molar-refractivity contribution < 1.29 is 38.5 Å². The summed E-state index contributed by atoms with van der Waals surface area (Å²) in [6, 6.07) is 16.3. The summed E-state index contributed by atoms with van der Waals surface area (Å²) in [5.74, 6) is -3.19. The highest BCUT2D eigenvalue weighted by molar-refractivity contribution is 5.85. The van der Waals surface area contributed by atoms with Gasteiger partial charge in [0.15, 0.2) is 0 Å². The zero-order chi connectivity index (χ0) is 24.1. The number of carbonyl (C=O) groups is 4. The van der Waals surface area contributed by atoms with Gasteiger partial charge in [-0.15, -0.1) is 0 Å². The van der Waals surface area contributed by atoms with Crippen LogP contribution in [0.1, 0.15) is 37.3 Å².